The fourth-order valence-electron chi connectivity index (χ4n) is 1.78. The van der Waals surface area contributed by atoms with Crippen molar-refractivity contribution >= 4 is 12.1 Å². The van der Waals surface area contributed by atoms with E-state index in [-0.39, 0.29) is 11.3 Å². The van der Waals surface area contributed by atoms with Crippen molar-refractivity contribution in [3.05, 3.63) is 58.4 Å². The third-order valence-electron chi connectivity index (χ3n) is 3.04. The van der Waals surface area contributed by atoms with Crippen molar-refractivity contribution in [1.82, 2.24) is 5.43 Å². The molecule has 0 radical (unpaired) electrons. The summed E-state index contributed by atoms with van der Waals surface area (Å²) in [5.41, 5.74) is 0.0334. The van der Waals surface area contributed by atoms with Crippen molar-refractivity contribution in [2.75, 3.05) is 7.11 Å². The molecular weight excluding hydrogens is 351 g/mol. The fourth-order valence-corrected chi connectivity index (χ4v) is 1.78. The average molecular weight is 360 g/mol. The van der Waals surface area contributed by atoms with Gasteiger partial charge in [-0.1, -0.05) is 0 Å². The smallest absolute Gasteiger partial charge is 0.277 e. The van der Waals surface area contributed by atoms with Gasteiger partial charge < -0.3 is 9.84 Å². The Morgan fingerprint density at radius 1 is 1.08 bits per heavy atom. The van der Waals surface area contributed by atoms with Crippen LogP contribution >= 0.6 is 0 Å². The summed E-state index contributed by atoms with van der Waals surface area (Å²) in [5, 5.41) is 13.0. The Kier molecular flexibility index (Phi) is 5.20. The third kappa shape index (κ3) is 3.52. The summed E-state index contributed by atoms with van der Waals surface area (Å²) in [4.78, 5) is 11.6. The number of carbonyl (C=O) groups excluding carboxylic acids is 1. The van der Waals surface area contributed by atoms with Gasteiger partial charge in [0.15, 0.2) is 23.3 Å². The quantitative estimate of drug-likeness (QED) is 0.290. The molecule has 0 saturated carbocycles. The largest absolute Gasteiger partial charge is 0.507 e. The molecule has 2 rings (SSSR count). The van der Waals surface area contributed by atoms with Crippen LogP contribution in [0, 0.1) is 29.1 Å². The first-order valence-corrected chi connectivity index (χ1v) is 6.49. The summed E-state index contributed by atoms with van der Waals surface area (Å²) in [5.74, 6) is -13.0. The highest BCUT2D eigenvalue weighted by Crippen LogP contribution is 2.23. The lowest BCUT2D eigenvalue weighted by Gasteiger charge is -2.06. The van der Waals surface area contributed by atoms with Gasteiger partial charge in [-0.05, 0) is 12.1 Å². The second-order valence-corrected chi connectivity index (χ2v) is 4.57. The Labute approximate surface area is 137 Å². The van der Waals surface area contributed by atoms with Crippen molar-refractivity contribution in [3.8, 4) is 11.5 Å². The predicted molar refractivity (Wildman–Crippen MR) is 76.0 cm³/mol. The molecule has 2 aromatic rings. The second-order valence-electron chi connectivity index (χ2n) is 4.57. The SMILES string of the molecule is COc1ccc(/C=N/NC(=O)c2c(F)c(F)c(F)c(F)c2F)c(O)c1. The highest BCUT2D eigenvalue weighted by atomic mass is 19.2. The maximum atomic E-state index is 13.5. The zero-order valence-corrected chi connectivity index (χ0v) is 12.4. The standard InChI is InChI=1S/C15H9F5N2O3/c1-25-7-3-2-6(8(23)4-7)5-21-22-15(24)9-10(16)12(18)14(20)13(19)11(9)17/h2-5,23H,1H3,(H,22,24)/b21-5+. The van der Waals surface area contributed by atoms with Gasteiger partial charge in [0, 0.05) is 11.6 Å². The van der Waals surface area contributed by atoms with Gasteiger partial charge in [-0.2, -0.15) is 5.10 Å². The number of carbonyl (C=O) groups is 1. The van der Waals surface area contributed by atoms with Gasteiger partial charge in [-0.15, -0.1) is 0 Å². The van der Waals surface area contributed by atoms with Crippen LogP contribution in [0.3, 0.4) is 0 Å². The van der Waals surface area contributed by atoms with E-state index in [1.54, 1.807) is 5.43 Å². The van der Waals surface area contributed by atoms with E-state index in [0.29, 0.717) is 5.75 Å². The van der Waals surface area contributed by atoms with E-state index < -0.39 is 40.6 Å². The molecule has 25 heavy (non-hydrogen) atoms. The van der Waals surface area contributed by atoms with Gasteiger partial charge in [0.1, 0.15) is 17.1 Å². The number of phenolic OH excluding ortho intramolecular Hbond substituents is 1. The van der Waals surface area contributed by atoms with Crippen molar-refractivity contribution in [2.24, 2.45) is 5.10 Å². The molecule has 2 N–H and O–H groups in total. The number of amides is 1. The highest BCUT2D eigenvalue weighted by molar-refractivity contribution is 5.95. The first-order valence-electron chi connectivity index (χ1n) is 6.49. The van der Waals surface area contributed by atoms with Crippen molar-refractivity contribution < 1.29 is 36.6 Å². The van der Waals surface area contributed by atoms with Crippen molar-refractivity contribution in [1.29, 1.82) is 0 Å². The highest BCUT2D eigenvalue weighted by Gasteiger charge is 2.29. The lowest BCUT2D eigenvalue weighted by Crippen LogP contribution is -2.23. The monoisotopic (exact) mass is 360 g/mol. The van der Waals surface area contributed by atoms with Crippen LogP contribution in [0.5, 0.6) is 11.5 Å². The van der Waals surface area contributed by atoms with Gasteiger partial charge in [0.2, 0.25) is 5.82 Å². The first kappa shape index (κ1) is 18.2. The van der Waals surface area contributed by atoms with E-state index in [1.807, 2.05) is 0 Å². The number of methoxy groups -OCH3 is 1. The normalized spacial score (nSPS) is 11.0. The Morgan fingerprint density at radius 3 is 2.16 bits per heavy atom. The molecule has 0 bridgehead atoms. The molecule has 0 aliphatic heterocycles. The van der Waals surface area contributed by atoms with Crippen LogP contribution in [-0.2, 0) is 0 Å². The Morgan fingerprint density at radius 2 is 1.64 bits per heavy atom. The summed E-state index contributed by atoms with van der Waals surface area (Å²) in [7, 11) is 1.37. The molecule has 0 saturated heterocycles. The maximum absolute atomic E-state index is 13.5. The number of nitrogens with zero attached hydrogens (tertiary/aromatic N) is 1. The number of hydrogen-bond acceptors (Lipinski definition) is 4. The third-order valence-corrected chi connectivity index (χ3v) is 3.04. The molecule has 0 unspecified atom stereocenters. The van der Waals surface area contributed by atoms with Crippen LogP contribution in [0.25, 0.3) is 0 Å². The van der Waals surface area contributed by atoms with Gasteiger partial charge in [0.05, 0.1) is 13.3 Å². The van der Waals surface area contributed by atoms with Crippen LogP contribution < -0.4 is 10.2 Å². The minimum atomic E-state index is -2.38. The number of nitrogens with one attached hydrogen (secondary N) is 1. The summed E-state index contributed by atoms with van der Waals surface area (Å²) in [6.45, 7) is 0. The van der Waals surface area contributed by atoms with Gasteiger partial charge in [0.25, 0.3) is 5.91 Å². The predicted octanol–water partition coefficient (Wildman–Crippen LogP) is 2.86. The van der Waals surface area contributed by atoms with Crippen LogP contribution in [0.1, 0.15) is 15.9 Å². The molecule has 132 valence electrons. The number of hydrazone groups is 1. The fraction of sp³-hybridized carbons (Fsp3) is 0.0667. The Balaban J connectivity index is 2.24. The van der Waals surface area contributed by atoms with E-state index in [2.05, 4.69) is 5.10 Å². The molecule has 2 aromatic carbocycles. The van der Waals surface area contributed by atoms with E-state index in [1.165, 1.54) is 25.3 Å². The second kappa shape index (κ2) is 7.16. The number of ether oxygens (including phenoxy) is 1. The van der Waals surface area contributed by atoms with Crippen LogP contribution in [0.4, 0.5) is 22.0 Å². The van der Waals surface area contributed by atoms with E-state index in [9.17, 15) is 31.9 Å². The number of hydrogen-bond donors (Lipinski definition) is 2. The summed E-state index contributed by atoms with van der Waals surface area (Å²) >= 11 is 0. The minimum Gasteiger partial charge on any atom is -0.507 e. The van der Waals surface area contributed by atoms with Gasteiger partial charge in [-0.3, -0.25) is 4.79 Å². The minimum absolute atomic E-state index is 0.0958. The molecule has 0 fully saturated rings. The topological polar surface area (TPSA) is 70.9 Å². The number of halogens is 5. The van der Waals surface area contributed by atoms with E-state index in [0.717, 1.165) is 6.21 Å². The molecular formula is C15H9F5N2O3. The van der Waals surface area contributed by atoms with Gasteiger partial charge >= 0.3 is 0 Å². The maximum Gasteiger partial charge on any atom is 0.277 e. The van der Waals surface area contributed by atoms with E-state index >= 15 is 0 Å². The van der Waals surface area contributed by atoms with Crippen LogP contribution in [0.15, 0.2) is 23.3 Å². The van der Waals surface area contributed by atoms with Crippen LogP contribution in [-0.4, -0.2) is 24.3 Å². The average Bonchev–Trinajstić information content (AvgIpc) is 2.59. The van der Waals surface area contributed by atoms with E-state index in [4.69, 9.17) is 4.74 Å². The Bertz CT molecular complexity index is 842. The summed E-state index contributed by atoms with van der Waals surface area (Å²) in [6, 6.07) is 4.03. The number of rotatable bonds is 4. The zero-order chi connectivity index (χ0) is 18.7. The van der Waals surface area contributed by atoms with Gasteiger partial charge in [-0.25, -0.2) is 27.4 Å². The number of aromatic hydroxyl groups is 1. The number of phenols is 1. The molecule has 1 amide bonds. The molecule has 0 atom stereocenters. The molecule has 0 aromatic heterocycles. The molecule has 0 aliphatic rings. The lowest BCUT2D eigenvalue weighted by atomic mass is 10.1. The molecule has 0 heterocycles. The molecule has 10 heteroatoms. The molecule has 5 nitrogen and oxygen atoms in total. The number of benzene rings is 2. The molecule has 0 aliphatic carbocycles. The van der Waals surface area contributed by atoms with Crippen molar-refractivity contribution in [3.63, 3.8) is 0 Å². The summed E-state index contributed by atoms with van der Waals surface area (Å²) < 4.78 is 70.8. The van der Waals surface area contributed by atoms with Crippen molar-refractivity contribution in [2.45, 2.75) is 0 Å². The first-order chi connectivity index (χ1) is 11.8. The molecule has 0 spiro atoms. The summed E-state index contributed by atoms with van der Waals surface area (Å²) in [6.07, 6.45) is 0.902. The lowest BCUT2D eigenvalue weighted by molar-refractivity contribution is 0.0943. The van der Waals surface area contributed by atoms with Crippen LogP contribution in [0.2, 0.25) is 0 Å². The Hall–Kier alpha value is -3.17. The zero-order valence-electron chi connectivity index (χ0n) is 12.4.